The zero-order chi connectivity index (χ0) is 24.2. The number of aryl methyl sites for hydroxylation is 1. The molecular formula is C25H44BrO6P. The number of ether oxygens (including phenoxy) is 1. The van der Waals surface area contributed by atoms with Gasteiger partial charge in [0, 0.05) is 11.4 Å². The number of phenolic OH excluding ortho intramolecular Hbond substituents is 1. The van der Waals surface area contributed by atoms with E-state index in [1.54, 1.807) is 6.07 Å². The number of hydrogen-bond acceptors (Lipinski definition) is 5. The summed E-state index contributed by atoms with van der Waals surface area (Å²) in [4.78, 5) is 9.48. The Bertz CT molecular complexity index is 658. The molecule has 0 saturated carbocycles. The Kier molecular flexibility index (Phi) is 18.2. The molecule has 0 fully saturated rings. The molecule has 1 aromatic rings. The van der Waals surface area contributed by atoms with E-state index in [0.29, 0.717) is 30.5 Å². The first-order chi connectivity index (χ1) is 16.0. The van der Waals surface area contributed by atoms with E-state index < -0.39 is 7.82 Å². The maximum absolute atomic E-state index is 11.6. The molecule has 192 valence electrons. The van der Waals surface area contributed by atoms with E-state index in [4.69, 9.17) is 13.8 Å². The van der Waals surface area contributed by atoms with Crippen LogP contribution in [0.2, 0.25) is 0 Å². The van der Waals surface area contributed by atoms with Crippen LogP contribution in [0.4, 0.5) is 0 Å². The second-order valence-electron chi connectivity index (χ2n) is 8.46. The number of rotatable bonds is 22. The number of aromatic hydroxyl groups is 1. The first-order valence-electron chi connectivity index (χ1n) is 12.6. The predicted octanol–water partition coefficient (Wildman–Crippen LogP) is 7.93. The van der Waals surface area contributed by atoms with E-state index in [1.165, 1.54) is 70.6 Å². The molecule has 2 N–H and O–H groups in total. The highest BCUT2D eigenvalue weighted by Crippen LogP contribution is 2.43. The summed E-state index contributed by atoms with van der Waals surface area (Å²) in [7, 11) is -4.00. The monoisotopic (exact) mass is 550 g/mol. The lowest BCUT2D eigenvalue weighted by atomic mass is 10.1. The Labute approximate surface area is 209 Å². The Morgan fingerprint density at radius 3 is 1.97 bits per heavy atom. The summed E-state index contributed by atoms with van der Waals surface area (Å²) in [5, 5.41) is 10.7. The molecule has 0 bridgehead atoms. The third-order valence-electron chi connectivity index (χ3n) is 5.50. The van der Waals surface area contributed by atoms with Gasteiger partial charge in [-0.25, -0.2) is 4.57 Å². The van der Waals surface area contributed by atoms with E-state index in [9.17, 15) is 14.6 Å². The van der Waals surface area contributed by atoms with E-state index in [-0.39, 0.29) is 19.0 Å². The molecule has 0 amide bonds. The molecule has 0 radical (unpaired) electrons. The van der Waals surface area contributed by atoms with Gasteiger partial charge in [0.2, 0.25) is 0 Å². The van der Waals surface area contributed by atoms with Crippen molar-refractivity contribution in [3.63, 3.8) is 0 Å². The minimum absolute atomic E-state index is 0.0761. The summed E-state index contributed by atoms with van der Waals surface area (Å²) >= 11 is 3.12. The fraction of sp³-hybridized carbons (Fsp3) is 0.760. The van der Waals surface area contributed by atoms with Crippen molar-refractivity contribution in [1.82, 2.24) is 0 Å². The topological polar surface area (TPSA) is 85.2 Å². The van der Waals surface area contributed by atoms with E-state index >= 15 is 0 Å². The molecule has 0 heterocycles. The van der Waals surface area contributed by atoms with E-state index in [0.717, 1.165) is 12.0 Å². The van der Waals surface area contributed by atoms with Crippen molar-refractivity contribution < 1.29 is 28.3 Å². The van der Waals surface area contributed by atoms with Crippen LogP contribution >= 0.6 is 23.8 Å². The second-order valence-corrected chi connectivity index (χ2v) is 10.7. The van der Waals surface area contributed by atoms with E-state index in [1.807, 2.05) is 12.1 Å². The third-order valence-corrected chi connectivity index (χ3v) is 6.84. The molecular weight excluding hydrogens is 507 g/mol. The summed E-state index contributed by atoms with van der Waals surface area (Å²) in [5.41, 5.74) is 0.755. The zero-order valence-electron chi connectivity index (χ0n) is 20.3. The highest BCUT2D eigenvalue weighted by molar-refractivity contribution is 9.09. The van der Waals surface area contributed by atoms with Crippen molar-refractivity contribution in [2.45, 2.75) is 96.8 Å². The molecule has 0 aliphatic heterocycles. The van der Waals surface area contributed by atoms with Crippen LogP contribution in [0.1, 0.15) is 96.0 Å². The van der Waals surface area contributed by atoms with Gasteiger partial charge in [-0.3, -0.25) is 9.05 Å². The summed E-state index contributed by atoms with van der Waals surface area (Å²) in [5.74, 6) is 0.837. The predicted molar refractivity (Wildman–Crippen MR) is 139 cm³/mol. The summed E-state index contributed by atoms with van der Waals surface area (Å²) < 4.78 is 27.0. The molecule has 8 heteroatoms. The molecule has 1 aromatic carbocycles. The van der Waals surface area contributed by atoms with Gasteiger partial charge >= 0.3 is 7.82 Å². The van der Waals surface area contributed by atoms with Crippen LogP contribution in [0.5, 0.6) is 11.5 Å². The van der Waals surface area contributed by atoms with Gasteiger partial charge in [0.15, 0.2) is 0 Å². The highest BCUT2D eigenvalue weighted by atomic mass is 79.9. The summed E-state index contributed by atoms with van der Waals surface area (Å²) in [6, 6.07) is 5.31. The lowest BCUT2D eigenvalue weighted by Gasteiger charge is -2.12. The number of alkyl halides is 1. The highest BCUT2D eigenvalue weighted by Gasteiger charge is 2.20. The van der Waals surface area contributed by atoms with Crippen molar-refractivity contribution in [3.05, 3.63) is 23.8 Å². The minimum Gasteiger partial charge on any atom is -0.508 e. The Hall–Kier alpha value is -0.590. The largest absolute Gasteiger partial charge is 0.508 e. The normalized spacial score (nSPS) is 13.2. The number of phosphoric acid groups is 1. The average Bonchev–Trinajstić information content (AvgIpc) is 2.79. The van der Waals surface area contributed by atoms with Gasteiger partial charge < -0.3 is 14.7 Å². The first kappa shape index (κ1) is 30.4. The van der Waals surface area contributed by atoms with Crippen molar-refractivity contribution >= 4 is 23.8 Å². The van der Waals surface area contributed by atoms with Crippen LogP contribution < -0.4 is 4.74 Å². The molecule has 0 aliphatic rings. The quantitative estimate of drug-likeness (QED) is 0.0865. The van der Waals surface area contributed by atoms with Crippen LogP contribution in [0, 0.1) is 0 Å². The van der Waals surface area contributed by atoms with Gasteiger partial charge in [-0.1, -0.05) is 99.5 Å². The first-order valence-corrected chi connectivity index (χ1v) is 15.2. The number of hydrogen-bond donors (Lipinski definition) is 2. The molecule has 6 nitrogen and oxygen atoms in total. The molecule has 1 rings (SSSR count). The van der Waals surface area contributed by atoms with Gasteiger partial charge in [0.05, 0.1) is 19.8 Å². The van der Waals surface area contributed by atoms with E-state index in [2.05, 4.69) is 22.9 Å². The molecule has 0 spiro atoms. The summed E-state index contributed by atoms with van der Waals surface area (Å²) in [6.45, 7) is 3.10. The molecule has 0 aliphatic carbocycles. The van der Waals surface area contributed by atoms with Crippen molar-refractivity contribution in [1.29, 1.82) is 0 Å². The Balaban J connectivity index is 2.07. The maximum atomic E-state index is 11.6. The minimum atomic E-state index is -4.00. The lowest BCUT2D eigenvalue weighted by molar-refractivity contribution is 0.155. The second kappa shape index (κ2) is 19.7. The van der Waals surface area contributed by atoms with Crippen LogP contribution in [0.25, 0.3) is 0 Å². The number of halogens is 1. The molecule has 1 atom stereocenters. The molecule has 0 saturated heterocycles. The number of phenols is 1. The van der Waals surface area contributed by atoms with Gasteiger partial charge in [0.25, 0.3) is 0 Å². The molecule has 0 aromatic heterocycles. The lowest BCUT2D eigenvalue weighted by Crippen LogP contribution is -2.01. The van der Waals surface area contributed by atoms with Gasteiger partial charge in [0.1, 0.15) is 11.5 Å². The standard InChI is InChI=1S/C25H44BrO6P/c1-2-3-4-5-6-7-8-9-10-11-12-13-19-30-24-17-16-23(25(27)22-24)15-14-20-31-33(28,29)32-21-18-26/h16-17,22,27H,2-15,18-21H2,1H3,(H,28,29). The average molecular weight is 551 g/mol. The van der Waals surface area contributed by atoms with Crippen LogP contribution in [0.15, 0.2) is 18.2 Å². The van der Waals surface area contributed by atoms with Gasteiger partial charge in [-0.05, 0) is 30.9 Å². The van der Waals surface area contributed by atoms with Gasteiger partial charge in [-0.15, -0.1) is 0 Å². The van der Waals surface area contributed by atoms with Crippen molar-refractivity contribution in [3.8, 4) is 11.5 Å². The molecule has 1 unspecified atom stereocenters. The number of unbranched alkanes of at least 4 members (excludes halogenated alkanes) is 11. The number of phosphoric ester groups is 1. The smallest absolute Gasteiger partial charge is 0.472 e. The SMILES string of the molecule is CCCCCCCCCCCCCCOc1ccc(CCCOP(=O)(O)OCCBr)c(O)c1. The Morgan fingerprint density at radius 2 is 1.39 bits per heavy atom. The fourth-order valence-electron chi connectivity index (χ4n) is 3.61. The van der Waals surface area contributed by atoms with Crippen molar-refractivity contribution in [2.24, 2.45) is 0 Å². The third kappa shape index (κ3) is 16.6. The molecule has 33 heavy (non-hydrogen) atoms. The summed E-state index contributed by atoms with van der Waals surface area (Å²) in [6.07, 6.45) is 16.8. The Morgan fingerprint density at radius 1 is 0.818 bits per heavy atom. The van der Waals surface area contributed by atoms with Crippen LogP contribution in [-0.4, -0.2) is 35.2 Å². The fourth-order valence-corrected chi connectivity index (χ4v) is 4.78. The van der Waals surface area contributed by atoms with Gasteiger partial charge in [-0.2, -0.15) is 0 Å². The zero-order valence-corrected chi connectivity index (χ0v) is 22.8. The number of benzene rings is 1. The maximum Gasteiger partial charge on any atom is 0.472 e. The van der Waals surface area contributed by atoms with Crippen LogP contribution in [-0.2, 0) is 20.0 Å². The van der Waals surface area contributed by atoms with Crippen molar-refractivity contribution in [2.75, 3.05) is 25.2 Å². The van der Waals surface area contributed by atoms with Crippen LogP contribution in [0.3, 0.4) is 0 Å².